The van der Waals surface area contributed by atoms with Gasteiger partial charge < -0.3 is 0 Å². The van der Waals surface area contributed by atoms with Gasteiger partial charge in [-0.2, -0.15) is 4.31 Å². The molecule has 0 saturated heterocycles. The summed E-state index contributed by atoms with van der Waals surface area (Å²) >= 11 is 5.77. The van der Waals surface area contributed by atoms with Gasteiger partial charge in [0, 0.05) is 19.3 Å². The van der Waals surface area contributed by atoms with E-state index in [-0.39, 0.29) is 15.5 Å². The molecule has 0 fully saturated rings. The van der Waals surface area contributed by atoms with Crippen LogP contribution in [-0.4, -0.2) is 30.8 Å². The Hall–Kier alpha value is -0.910. The van der Waals surface area contributed by atoms with Crippen molar-refractivity contribution in [2.24, 2.45) is 5.41 Å². The number of sulfonamides is 1. The summed E-state index contributed by atoms with van der Waals surface area (Å²) < 4.78 is 26.5. The van der Waals surface area contributed by atoms with Crippen molar-refractivity contribution in [2.45, 2.75) is 32.1 Å². The summed E-state index contributed by atoms with van der Waals surface area (Å²) in [6.07, 6.45) is 4.20. The van der Waals surface area contributed by atoms with E-state index in [0.29, 0.717) is 13.1 Å². The van der Waals surface area contributed by atoms with Gasteiger partial charge in [-0.25, -0.2) is 13.4 Å². The second-order valence-electron chi connectivity index (χ2n) is 5.91. The van der Waals surface area contributed by atoms with Crippen LogP contribution in [0.5, 0.6) is 0 Å². The number of aromatic nitrogens is 1. The average molecular weight is 315 g/mol. The molecule has 0 radical (unpaired) electrons. The number of halogens is 1. The topological polar surface area (TPSA) is 50.3 Å². The van der Waals surface area contributed by atoms with E-state index in [0.717, 1.165) is 6.42 Å². The lowest BCUT2D eigenvalue weighted by molar-refractivity contribution is 0.389. The van der Waals surface area contributed by atoms with Crippen LogP contribution < -0.4 is 0 Å². The Kier molecular flexibility index (Phi) is 4.23. The monoisotopic (exact) mass is 314 g/mol. The minimum Gasteiger partial charge on any atom is -0.244 e. The van der Waals surface area contributed by atoms with Gasteiger partial charge in [-0.05, 0) is 24.0 Å². The molecule has 1 aromatic rings. The predicted molar refractivity (Wildman–Crippen MR) is 80.2 cm³/mol. The van der Waals surface area contributed by atoms with Crippen LogP contribution in [0, 0.1) is 5.41 Å². The van der Waals surface area contributed by atoms with E-state index in [1.165, 1.54) is 28.2 Å². The molecule has 0 aliphatic carbocycles. The third-order valence-corrected chi connectivity index (χ3v) is 5.54. The summed E-state index contributed by atoms with van der Waals surface area (Å²) in [6.45, 7) is 7.35. The van der Waals surface area contributed by atoms with Crippen LogP contribution in [0.3, 0.4) is 0 Å². The second kappa shape index (κ2) is 5.47. The first-order chi connectivity index (χ1) is 9.21. The van der Waals surface area contributed by atoms with Crippen LogP contribution in [0.15, 0.2) is 34.9 Å². The van der Waals surface area contributed by atoms with Crippen molar-refractivity contribution >= 4 is 21.6 Å². The van der Waals surface area contributed by atoms with Gasteiger partial charge in [-0.15, -0.1) is 0 Å². The zero-order valence-corrected chi connectivity index (χ0v) is 13.5. The largest absolute Gasteiger partial charge is 0.244 e. The average Bonchev–Trinajstić information content (AvgIpc) is 2.38. The van der Waals surface area contributed by atoms with Crippen LogP contribution in [0.1, 0.15) is 27.2 Å². The Morgan fingerprint density at radius 3 is 2.55 bits per heavy atom. The molecule has 1 aromatic heterocycles. The maximum Gasteiger partial charge on any atom is 0.243 e. The van der Waals surface area contributed by atoms with Gasteiger partial charge in [-0.3, -0.25) is 0 Å². The molecule has 4 nitrogen and oxygen atoms in total. The Balaban J connectivity index is 2.24. The number of hydrogen-bond acceptors (Lipinski definition) is 3. The van der Waals surface area contributed by atoms with Crippen LogP contribution in [0.2, 0.25) is 5.15 Å². The molecule has 0 amide bonds. The first kappa shape index (κ1) is 15.5. The molecule has 1 aliphatic rings. The van der Waals surface area contributed by atoms with Gasteiger partial charge in [0.1, 0.15) is 5.15 Å². The molecule has 0 unspecified atom stereocenters. The number of pyridine rings is 1. The second-order valence-corrected chi connectivity index (χ2v) is 8.23. The van der Waals surface area contributed by atoms with Crippen molar-refractivity contribution in [1.29, 1.82) is 0 Å². The molecular weight excluding hydrogens is 296 g/mol. The Morgan fingerprint density at radius 1 is 1.35 bits per heavy atom. The Labute approximate surface area is 125 Å². The first-order valence-corrected chi connectivity index (χ1v) is 8.34. The zero-order valence-electron chi connectivity index (χ0n) is 11.9. The summed E-state index contributed by atoms with van der Waals surface area (Å²) in [5.74, 6) is 0. The number of hydrogen-bond donors (Lipinski definition) is 0. The van der Waals surface area contributed by atoms with Crippen molar-refractivity contribution in [3.05, 3.63) is 35.1 Å². The van der Waals surface area contributed by atoms with Gasteiger partial charge in [0.05, 0.1) is 4.90 Å². The molecule has 110 valence electrons. The fraction of sp³-hybridized carbons (Fsp3) is 0.500. The van der Waals surface area contributed by atoms with E-state index in [9.17, 15) is 8.42 Å². The molecule has 0 N–H and O–H groups in total. The minimum absolute atomic E-state index is 0.0931. The number of nitrogens with zero attached hydrogens (tertiary/aromatic N) is 2. The first-order valence-electron chi connectivity index (χ1n) is 6.52. The highest BCUT2D eigenvalue weighted by Crippen LogP contribution is 2.31. The van der Waals surface area contributed by atoms with Gasteiger partial charge in [0.25, 0.3) is 0 Å². The van der Waals surface area contributed by atoms with Crippen LogP contribution in [0.25, 0.3) is 0 Å². The lowest BCUT2D eigenvalue weighted by Gasteiger charge is -2.31. The third kappa shape index (κ3) is 3.22. The predicted octanol–water partition coefficient (Wildman–Crippen LogP) is 3.10. The molecule has 0 bridgehead atoms. The van der Waals surface area contributed by atoms with Gasteiger partial charge in [-0.1, -0.05) is 44.0 Å². The third-order valence-electron chi connectivity index (χ3n) is 3.47. The molecular formula is C14H19ClN2O2S. The molecule has 2 heterocycles. The summed E-state index contributed by atoms with van der Waals surface area (Å²) in [6, 6.07) is 2.87. The molecule has 2 rings (SSSR count). The standard InChI is InChI=1S/C14H19ClN2O2S/c1-14(2,3)11-5-8-17(9-6-11)20(18,19)12-4-7-16-13(15)10-12/h4-5,7,10H,6,8-9H2,1-3H3. The summed E-state index contributed by atoms with van der Waals surface area (Å²) in [4.78, 5) is 4.01. The Morgan fingerprint density at radius 2 is 2.05 bits per heavy atom. The van der Waals surface area contributed by atoms with E-state index >= 15 is 0 Å². The minimum atomic E-state index is -3.49. The van der Waals surface area contributed by atoms with Crippen molar-refractivity contribution in [3.63, 3.8) is 0 Å². The molecule has 20 heavy (non-hydrogen) atoms. The van der Waals surface area contributed by atoms with E-state index in [1.54, 1.807) is 0 Å². The maximum atomic E-state index is 12.5. The van der Waals surface area contributed by atoms with Crippen molar-refractivity contribution < 1.29 is 8.42 Å². The van der Waals surface area contributed by atoms with E-state index in [4.69, 9.17) is 11.6 Å². The Bertz CT molecular complexity index is 633. The summed E-state index contributed by atoms with van der Waals surface area (Å²) in [7, 11) is -3.49. The number of rotatable bonds is 2. The van der Waals surface area contributed by atoms with E-state index < -0.39 is 10.0 Å². The van der Waals surface area contributed by atoms with Gasteiger partial charge in [0.2, 0.25) is 10.0 Å². The summed E-state index contributed by atoms with van der Waals surface area (Å²) in [5, 5.41) is 0.189. The van der Waals surface area contributed by atoms with Crippen LogP contribution >= 0.6 is 11.6 Å². The quantitative estimate of drug-likeness (QED) is 0.622. The normalized spacial score (nSPS) is 17.9. The summed E-state index contributed by atoms with van der Waals surface area (Å²) in [5.41, 5.74) is 1.40. The smallest absolute Gasteiger partial charge is 0.243 e. The molecule has 1 aliphatic heterocycles. The van der Waals surface area contributed by atoms with Gasteiger partial charge >= 0.3 is 0 Å². The molecule has 0 atom stereocenters. The molecule has 0 saturated carbocycles. The highest BCUT2D eigenvalue weighted by molar-refractivity contribution is 7.89. The maximum absolute atomic E-state index is 12.5. The SMILES string of the molecule is CC(C)(C)C1=CCN(S(=O)(=O)c2ccnc(Cl)c2)CC1. The zero-order chi connectivity index (χ0) is 15.0. The lowest BCUT2D eigenvalue weighted by atomic mass is 9.83. The molecule has 6 heteroatoms. The fourth-order valence-electron chi connectivity index (χ4n) is 2.24. The van der Waals surface area contributed by atoms with Crippen molar-refractivity contribution in [1.82, 2.24) is 9.29 Å². The lowest BCUT2D eigenvalue weighted by Crippen LogP contribution is -2.36. The van der Waals surface area contributed by atoms with Crippen LogP contribution in [-0.2, 0) is 10.0 Å². The highest BCUT2D eigenvalue weighted by atomic mass is 35.5. The van der Waals surface area contributed by atoms with Gasteiger partial charge in [0.15, 0.2) is 0 Å². The highest BCUT2D eigenvalue weighted by Gasteiger charge is 2.29. The van der Waals surface area contributed by atoms with Crippen molar-refractivity contribution in [3.8, 4) is 0 Å². The molecule has 0 aromatic carbocycles. The van der Waals surface area contributed by atoms with Crippen LogP contribution in [0.4, 0.5) is 0 Å². The van der Waals surface area contributed by atoms with Crippen molar-refractivity contribution in [2.75, 3.05) is 13.1 Å². The van der Waals surface area contributed by atoms with E-state index in [2.05, 4.69) is 25.8 Å². The fourth-order valence-corrected chi connectivity index (χ4v) is 3.88. The van der Waals surface area contributed by atoms with E-state index in [1.807, 2.05) is 6.08 Å². The molecule has 0 spiro atoms.